The minimum absolute atomic E-state index is 0.0247. The van der Waals surface area contributed by atoms with E-state index in [1.807, 2.05) is 18.2 Å². The zero-order valence-electron chi connectivity index (χ0n) is 13.4. The molecular weight excluding hydrogens is 304 g/mol. The predicted octanol–water partition coefficient (Wildman–Crippen LogP) is 1.97. The van der Waals surface area contributed by atoms with E-state index in [9.17, 15) is 4.79 Å². The molecule has 6 nitrogen and oxygen atoms in total. The third kappa shape index (κ3) is 2.12. The molecule has 0 saturated heterocycles. The van der Waals surface area contributed by atoms with E-state index in [0.29, 0.717) is 19.2 Å². The lowest BCUT2D eigenvalue weighted by Crippen LogP contribution is -2.31. The van der Waals surface area contributed by atoms with Gasteiger partial charge in [0.2, 0.25) is 5.91 Å². The van der Waals surface area contributed by atoms with Crippen molar-refractivity contribution in [2.24, 2.45) is 5.92 Å². The van der Waals surface area contributed by atoms with Crippen molar-refractivity contribution >= 4 is 5.91 Å². The minimum atomic E-state index is -0.0247. The molecule has 2 saturated carbocycles. The third-order valence-corrected chi connectivity index (χ3v) is 5.63. The molecule has 2 aromatic rings. The molecule has 1 amide bonds. The summed E-state index contributed by atoms with van der Waals surface area (Å²) in [4.78, 5) is 12.7. The van der Waals surface area contributed by atoms with Crippen molar-refractivity contribution in [2.75, 3.05) is 6.61 Å². The number of carbonyl (C=O) groups is 1. The zero-order chi connectivity index (χ0) is 16.1. The van der Waals surface area contributed by atoms with Gasteiger partial charge < -0.3 is 14.6 Å². The molecule has 0 unspecified atom stereocenters. The van der Waals surface area contributed by atoms with Gasteiger partial charge in [0.05, 0.1) is 13.2 Å². The highest BCUT2D eigenvalue weighted by Gasteiger charge is 2.60. The van der Waals surface area contributed by atoms with E-state index in [-0.39, 0.29) is 17.2 Å². The lowest BCUT2D eigenvalue weighted by atomic mass is 9.87. The molecule has 1 spiro atoms. The molecular formula is C18H20N4O2. The van der Waals surface area contributed by atoms with E-state index in [1.165, 1.54) is 18.4 Å². The lowest BCUT2D eigenvalue weighted by molar-refractivity contribution is -0.123. The minimum Gasteiger partial charge on any atom is -0.493 e. The zero-order valence-corrected chi connectivity index (χ0v) is 13.4. The smallest absolute Gasteiger partial charge is 0.224 e. The first-order valence-corrected chi connectivity index (χ1v) is 8.66. The van der Waals surface area contributed by atoms with E-state index in [4.69, 9.17) is 4.74 Å². The standard InChI is InChI=1S/C18H20N4O2/c23-17(19-10-16-21-20-11-22(16)12-5-6-12)14-9-18(14)7-8-24-15-4-2-1-3-13(15)18/h1-4,11-12,14H,5-10H2,(H,19,23)/t14-,18-/m0/s1. The summed E-state index contributed by atoms with van der Waals surface area (Å²) in [6.45, 7) is 1.15. The van der Waals surface area contributed by atoms with Crippen LogP contribution in [0.2, 0.25) is 0 Å². The predicted molar refractivity (Wildman–Crippen MR) is 86.5 cm³/mol. The largest absolute Gasteiger partial charge is 0.493 e. The van der Waals surface area contributed by atoms with Gasteiger partial charge in [-0.1, -0.05) is 18.2 Å². The third-order valence-electron chi connectivity index (χ3n) is 5.63. The molecule has 24 heavy (non-hydrogen) atoms. The number of hydrogen-bond acceptors (Lipinski definition) is 4. The van der Waals surface area contributed by atoms with Crippen molar-refractivity contribution in [1.82, 2.24) is 20.1 Å². The first kappa shape index (κ1) is 14.0. The highest BCUT2D eigenvalue weighted by Crippen LogP contribution is 2.60. The van der Waals surface area contributed by atoms with Crippen LogP contribution in [-0.4, -0.2) is 27.3 Å². The van der Waals surface area contributed by atoms with Crippen LogP contribution in [0.15, 0.2) is 30.6 Å². The normalized spacial score (nSPS) is 27.4. The molecule has 1 N–H and O–H groups in total. The van der Waals surface area contributed by atoms with Crippen LogP contribution >= 0.6 is 0 Å². The molecule has 1 aromatic carbocycles. The van der Waals surface area contributed by atoms with Crippen molar-refractivity contribution < 1.29 is 9.53 Å². The highest BCUT2D eigenvalue weighted by molar-refractivity contribution is 5.84. The molecule has 2 aliphatic carbocycles. The van der Waals surface area contributed by atoms with Crippen molar-refractivity contribution in [1.29, 1.82) is 0 Å². The molecule has 6 heteroatoms. The maximum absolute atomic E-state index is 12.7. The van der Waals surface area contributed by atoms with E-state index in [2.05, 4.69) is 26.1 Å². The molecule has 1 aromatic heterocycles. The molecule has 3 aliphatic rings. The van der Waals surface area contributed by atoms with E-state index in [0.717, 1.165) is 24.4 Å². The molecule has 0 radical (unpaired) electrons. The van der Waals surface area contributed by atoms with Crippen LogP contribution in [0.4, 0.5) is 0 Å². The van der Waals surface area contributed by atoms with Gasteiger partial charge in [-0.15, -0.1) is 10.2 Å². The Kier molecular flexibility index (Phi) is 2.96. The fraction of sp³-hybridized carbons (Fsp3) is 0.500. The average molecular weight is 324 g/mol. The van der Waals surface area contributed by atoms with Crippen LogP contribution in [0.5, 0.6) is 5.75 Å². The number of aromatic nitrogens is 3. The van der Waals surface area contributed by atoms with Gasteiger partial charge in [-0.2, -0.15) is 0 Å². The summed E-state index contributed by atoms with van der Waals surface area (Å²) >= 11 is 0. The maximum Gasteiger partial charge on any atom is 0.224 e. The van der Waals surface area contributed by atoms with E-state index >= 15 is 0 Å². The lowest BCUT2D eigenvalue weighted by Gasteiger charge is -2.26. The Morgan fingerprint density at radius 3 is 3.12 bits per heavy atom. The Balaban J connectivity index is 1.29. The van der Waals surface area contributed by atoms with E-state index < -0.39 is 0 Å². The Morgan fingerprint density at radius 1 is 1.38 bits per heavy atom. The van der Waals surface area contributed by atoms with Gasteiger partial charge in [-0.05, 0) is 31.7 Å². The summed E-state index contributed by atoms with van der Waals surface area (Å²) < 4.78 is 7.83. The van der Waals surface area contributed by atoms with Gasteiger partial charge in [-0.3, -0.25) is 4.79 Å². The monoisotopic (exact) mass is 324 g/mol. The SMILES string of the molecule is O=C(NCc1nncn1C1CC1)[C@@H]1C[C@]12CCOc1ccccc12. The molecule has 2 heterocycles. The second kappa shape index (κ2) is 5.06. The van der Waals surface area contributed by atoms with Crippen LogP contribution in [-0.2, 0) is 16.8 Å². The molecule has 1 aliphatic heterocycles. The topological polar surface area (TPSA) is 69.0 Å². The molecule has 124 valence electrons. The summed E-state index contributed by atoms with van der Waals surface area (Å²) in [6.07, 6.45) is 5.96. The van der Waals surface area contributed by atoms with Crippen molar-refractivity contribution in [3.63, 3.8) is 0 Å². The fourth-order valence-corrected chi connectivity index (χ4v) is 4.04. The number of nitrogens with one attached hydrogen (secondary N) is 1. The summed E-state index contributed by atoms with van der Waals surface area (Å²) in [5.74, 6) is 1.96. The van der Waals surface area contributed by atoms with Crippen LogP contribution in [0.1, 0.15) is 43.1 Å². The van der Waals surface area contributed by atoms with Crippen LogP contribution < -0.4 is 10.1 Å². The number of amides is 1. The number of benzene rings is 1. The number of ether oxygens (including phenoxy) is 1. The Labute approximate surface area is 140 Å². The first-order valence-electron chi connectivity index (χ1n) is 8.66. The average Bonchev–Trinajstić information content (AvgIpc) is 3.52. The number of para-hydroxylation sites is 1. The fourth-order valence-electron chi connectivity index (χ4n) is 4.04. The summed E-state index contributed by atoms with van der Waals surface area (Å²) in [6, 6.07) is 8.65. The van der Waals surface area contributed by atoms with Crippen molar-refractivity contribution in [2.45, 2.75) is 43.7 Å². The number of carbonyl (C=O) groups excluding carboxylic acids is 1. The molecule has 5 rings (SSSR count). The Hall–Kier alpha value is -2.37. The number of fused-ring (bicyclic) bond motifs is 2. The van der Waals surface area contributed by atoms with Gasteiger partial charge in [0.1, 0.15) is 12.1 Å². The van der Waals surface area contributed by atoms with Crippen LogP contribution in [0.3, 0.4) is 0 Å². The van der Waals surface area contributed by atoms with E-state index in [1.54, 1.807) is 6.33 Å². The van der Waals surface area contributed by atoms with Crippen molar-refractivity contribution in [3.8, 4) is 5.75 Å². The second-order valence-electron chi connectivity index (χ2n) is 7.11. The number of hydrogen-bond donors (Lipinski definition) is 1. The van der Waals surface area contributed by atoms with Gasteiger partial charge in [0, 0.05) is 22.9 Å². The molecule has 2 atom stereocenters. The van der Waals surface area contributed by atoms with Crippen LogP contribution in [0.25, 0.3) is 0 Å². The van der Waals surface area contributed by atoms with Gasteiger partial charge in [0.15, 0.2) is 5.82 Å². The number of rotatable bonds is 4. The first-order chi connectivity index (χ1) is 11.8. The highest BCUT2D eigenvalue weighted by atomic mass is 16.5. The summed E-state index contributed by atoms with van der Waals surface area (Å²) in [5, 5.41) is 11.2. The molecule has 0 bridgehead atoms. The Bertz CT molecular complexity index is 798. The summed E-state index contributed by atoms with van der Waals surface area (Å²) in [7, 11) is 0. The number of nitrogens with zero attached hydrogens (tertiary/aromatic N) is 3. The summed E-state index contributed by atoms with van der Waals surface area (Å²) in [5.41, 5.74) is 1.17. The van der Waals surface area contributed by atoms with Crippen LogP contribution in [0, 0.1) is 5.92 Å². The van der Waals surface area contributed by atoms with Crippen molar-refractivity contribution in [3.05, 3.63) is 42.0 Å². The maximum atomic E-state index is 12.7. The quantitative estimate of drug-likeness (QED) is 0.933. The Morgan fingerprint density at radius 2 is 2.25 bits per heavy atom. The second-order valence-corrected chi connectivity index (χ2v) is 7.11. The van der Waals surface area contributed by atoms with Gasteiger partial charge in [0.25, 0.3) is 0 Å². The van der Waals surface area contributed by atoms with Gasteiger partial charge in [-0.25, -0.2) is 0 Å². The van der Waals surface area contributed by atoms with Gasteiger partial charge >= 0.3 is 0 Å². The molecule has 2 fully saturated rings.